The van der Waals surface area contributed by atoms with Crippen LogP contribution in [0.25, 0.3) is 0 Å². The highest BCUT2D eigenvalue weighted by Crippen LogP contribution is 2.19. The number of piperazine rings is 1. The number of hydrogen-bond acceptors (Lipinski definition) is 2. The molecule has 1 N–H and O–H groups in total. The van der Waals surface area contributed by atoms with Gasteiger partial charge in [0.05, 0.1) is 5.56 Å². The minimum absolute atomic E-state index is 0.0429. The van der Waals surface area contributed by atoms with Crippen LogP contribution in [-0.2, 0) is 0 Å². The number of rotatable bonds is 1. The molecular weight excluding hydrogens is 255 g/mol. The van der Waals surface area contributed by atoms with Gasteiger partial charge in [0, 0.05) is 30.2 Å². The van der Waals surface area contributed by atoms with Gasteiger partial charge in [-0.05, 0) is 32.0 Å². The number of hydrogen-bond donors (Lipinski definition) is 1. The molecule has 1 saturated heterocycles. The van der Waals surface area contributed by atoms with Gasteiger partial charge in [0.2, 0.25) is 0 Å². The third-order valence-electron chi connectivity index (χ3n) is 3.46. The molecule has 0 spiro atoms. The lowest BCUT2D eigenvalue weighted by atomic mass is 10.1. The maximum absolute atomic E-state index is 13.7. The summed E-state index contributed by atoms with van der Waals surface area (Å²) >= 11 is 5.68. The van der Waals surface area contributed by atoms with Crippen molar-refractivity contribution >= 4 is 17.5 Å². The van der Waals surface area contributed by atoms with E-state index in [2.05, 4.69) is 5.32 Å². The van der Waals surface area contributed by atoms with E-state index in [1.807, 2.05) is 13.8 Å². The highest BCUT2D eigenvalue weighted by molar-refractivity contribution is 6.30. The Bertz CT molecular complexity index is 466. The van der Waals surface area contributed by atoms with Crippen LogP contribution < -0.4 is 5.32 Å². The summed E-state index contributed by atoms with van der Waals surface area (Å²) in [6, 6.07) is 4.40. The molecule has 2 atom stereocenters. The van der Waals surface area contributed by atoms with Gasteiger partial charge in [0.15, 0.2) is 0 Å². The van der Waals surface area contributed by atoms with Gasteiger partial charge in [-0.2, -0.15) is 0 Å². The molecule has 1 amide bonds. The Morgan fingerprint density at radius 2 is 2.22 bits per heavy atom. The summed E-state index contributed by atoms with van der Waals surface area (Å²) in [6.07, 6.45) is 0. The second kappa shape index (κ2) is 5.24. The van der Waals surface area contributed by atoms with E-state index in [0.717, 1.165) is 6.54 Å². The van der Waals surface area contributed by atoms with Crippen LogP contribution in [0.5, 0.6) is 0 Å². The van der Waals surface area contributed by atoms with E-state index in [-0.39, 0.29) is 23.6 Å². The van der Waals surface area contributed by atoms with Gasteiger partial charge in [-0.25, -0.2) is 4.39 Å². The van der Waals surface area contributed by atoms with E-state index >= 15 is 0 Å². The lowest BCUT2D eigenvalue weighted by molar-refractivity contribution is 0.0598. The molecule has 3 nitrogen and oxygen atoms in total. The van der Waals surface area contributed by atoms with Gasteiger partial charge in [-0.3, -0.25) is 4.79 Å². The summed E-state index contributed by atoms with van der Waals surface area (Å²) in [4.78, 5) is 14.0. The predicted molar refractivity (Wildman–Crippen MR) is 69.4 cm³/mol. The zero-order chi connectivity index (χ0) is 13.3. The number of nitrogens with zero attached hydrogens (tertiary/aromatic N) is 1. The van der Waals surface area contributed by atoms with Crippen LogP contribution in [-0.4, -0.2) is 36.0 Å². The molecule has 2 rings (SSSR count). The second-order valence-corrected chi connectivity index (χ2v) is 5.04. The molecule has 0 aromatic heterocycles. The zero-order valence-corrected chi connectivity index (χ0v) is 11.2. The van der Waals surface area contributed by atoms with Crippen LogP contribution in [0.3, 0.4) is 0 Å². The molecule has 0 radical (unpaired) electrons. The van der Waals surface area contributed by atoms with Crippen molar-refractivity contribution in [1.82, 2.24) is 10.2 Å². The highest BCUT2D eigenvalue weighted by Gasteiger charge is 2.29. The van der Waals surface area contributed by atoms with E-state index in [9.17, 15) is 9.18 Å². The van der Waals surface area contributed by atoms with Gasteiger partial charge in [0.1, 0.15) is 5.82 Å². The molecule has 1 aliphatic rings. The molecule has 1 fully saturated rings. The molecule has 98 valence electrons. The van der Waals surface area contributed by atoms with Crippen molar-refractivity contribution in [2.24, 2.45) is 0 Å². The van der Waals surface area contributed by atoms with E-state index in [1.165, 1.54) is 18.2 Å². The summed E-state index contributed by atoms with van der Waals surface area (Å²) in [6.45, 7) is 5.30. The molecule has 18 heavy (non-hydrogen) atoms. The van der Waals surface area contributed by atoms with Gasteiger partial charge in [-0.1, -0.05) is 11.6 Å². The first kappa shape index (κ1) is 13.3. The number of carbonyl (C=O) groups is 1. The van der Waals surface area contributed by atoms with E-state index in [1.54, 1.807) is 4.90 Å². The Labute approximate surface area is 111 Å². The molecule has 0 saturated carbocycles. The van der Waals surface area contributed by atoms with Crippen LogP contribution in [0.15, 0.2) is 18.2 Å². The molecule has 1 heterocycles. The first-order chi connectivity index (χ1) is 8.50. The topological polar surface area (TPSA) is 32.3 Å². The van der Waals surface area contributed by atoms with E-state index in [4.69, 9.17) is 11.6 Å². The molecule has 2 unspecified atom stereocenters. The molecule has 1 aliphatic heterocycles. The Morgan fingerprint density at radius 1 is 1.50 bits per heavy atom. The van der Waals surface area contributed by atoms with Crippen LogP contribution in [0.1, 0.15) is 24.2 Å². The van der Waals surface area contributed by atoms with E-state index in [0.29, 0.717) is 11.6 Å². The van der Waals surface area contributed by atoms with Crippen LogP contribution in [0.4, 0.5) is 4.39 Å². The monoisotopic (exact) mass is 270 g/mol. The van der Waals surface area contributed by atoms with Crippen molar-refractivity contribution in [2.75, 3.05) is 13.1 Å². The van der Waals surface area contributed by atoms with Crippen molar-refractivity contribution in [3.63, 3.8) is 0 Å². The fraction of sp³-hybridized carbons (Fsp3) is 0.462. The Hall–Kier alpha value is -1.13. The summed E-state index contributed by atoms with van der Waals surface area (Å²) < 4.78 is 13.7. The fourth-order valence-corrected chi connectivity index (χ4v) is 2.32. The number of benzene rings is 1. The molecule has 0 bridgehead atoms. The molecule has 1 aromatic rings. The van der Waals surface area contributed by atoms with Crippen LogP contribution in [0.2, 0.25) is 5.02 Å². The average molecular weight is 271 g/mol. The second-order valence-electron chi connectivity index (χ2n) is 4.61. The van der Waals surface area contributed by atoms with Crippen molar-refractivity contribution < 1.29 is 9.18 Å². The minimum Gasteiger partial charge on any atom is -0.333 e. The Morgan fingerprint density at radius 3 is 2.89 bits per heavy atom. The van der Waals surface area contributed by atoms with Crippen molar-refractivity contribution in [1.29, 1.82) is 0 Å². The van der Waals surface area contributed by atoms with E-state index < -0.39 is 5.82 Å². The lowest BCUT2D eigenvalue weighted by Gasteiger charge is -2.38. The van der Waals surface area contributed by atoms with Gasteiger partial charge in [-0.15, -0.1) is 0 Å². The number of halogens is 2. The van der Waals surface area contributed by atoms with Crippen LogP contribution in [0, 0.1) is 5.82 Å². The van der Waals surface area contributed by atoms with Gasteiger partial charge >= 0.3 is 0 Å². The molecule has 5 heteroatoms. The molecule has 1 aromatic carbocycles. The number of amides is 1. The minimum atomic E-state index is -0.564. The first-order valence-electron chi connectivity index (χ1n) is 6.00. The maximum Gasteiger partial charge on any atom is 0.257 e. The van der Waals surface area contributed by atoms with Crippen molar-refractivity contribution in [3.8, 4) is 0 Å². The quantitative estimate of drug-likeness (QED) is 0.849. The molecule has 0 aliphatic carbocycles. The van der Waals surface area contributed by atoms with Crippen LogP contribution >= 0.6 is 11.6 Å². The summed E-state index contributed by atoms with van der Waals surface area (Å²) in [5, 5.41) is 3.58. The van der Waals surface area contributed by atoms with Crippen molar-refractivity contribution in [2.45, 2.75) is 25.9 Å². The molecular formula is C13H16ClFN2O. The van der Waals surface area contributed by atoms with Gasteiger partial charge in [0.25, 0.3) is 5.91 Å². The normalized spacial score (nSPS) is 24.1. The largest absolute Gasteiger partial charge is 0.333 e. The highest BCUT2D eigenvalue weighted by atomic mass is 35.5. The lowest BCUT2D eigenvalue weighted by Crippen LogP contribution is -2.57. The Balaban J connectivity index is 2.25. The third-order valence-corrected chi connectivity index (χ3v) is 3.69. The summed E-state index contributed by atoms with van der Waals surface area (Å²) in [7, 11) is 0. The maximum atomic E-state index is 13.7. The summed E-state index contributed by atoms with van der Waals surface area (Å²) in [5.41, 5.74) is 0.0837. The number of nitrogens with one attached hydrogen (secondary N) is 1. The third kappa shape index (κ3) is 2.49. The SMILES string of the molecule is CC1NCCN(C(=O)c2ccc(Cl)cc2F)C1C. The van der Waals surface area contributed by atoms with Gasteiger partial charge < -0.3 is 10.2 Å². The number of carbonyl (C=O) groups excluding carboxylic acids is 1. The average Bonchev–Trinajstić information content (AvgIpc) is 2.32. The zero-order valence-electron chi connectivity index (χ0n) is 10.4. The Kier molecular flexibility index (Phi) is 3.88. The first-order valence-corrected chi connectivity index (χ1v) is 6.38. The standard InChI is InChI=1S/C13H16ClFN2O/c1-8-9(2)17(6-5-16-8)13(18)11-4-3-10(14)7-12(11)15/h3-4,7-9,16H,5-6H2,1-2H3. The smallest absolute Gasteiger partial charge is 0.257 e. The fourth-order valence-electron chi connectivity index (χ4n) is 2.16. The predicted octanol–water partition coefficient (Wildman–Crippen LogP) is 2.30. The van der Waals surface area contributed by atoms with Crippen molar-refractivity contribution in [3.05, 3.63) is 34.6 Å². The summed E-state index contributed by atoms with van der Waals surface area (Å²) in [5.74, 6) is -0.837.